The van der Waals surface area contributed by atoms with Gasteiger partial charge in [0.05, 0.1) is 6.54 Å². The fraction of sp³-hybridized carbons (Fsp3) is 0.526. The van der Waals surface area contributed by atoms with E-state index in [0.717, 1.165) is 11.1 Å². The highest BCUT2D eigenvalue weighted by Gasteiger charge is 2.40. The molecule has 1 aromatic rings. The zero-order valence-electron chi connectivity index (χ0n) is 14.8. The molecule has 5 heteroatoms. The van der Waals surface area contributed by atoms with Gasteiger partial charge in [0, 0.05) is 11.1 Å². The number of carbonyl (C=O) groups excluding carboxylic acids is 1. The number of Topliss-reactive ketones (excluding diaryl/α,β-unsaturated/α-hetero) is 1. The van der Waals surface area contributed by atoms with Crippen LogP contribution in [-0.2, 0) is 5.54 Å². The van der Waals surface area contributed by atoms with Crippen molar-refractivity contribution >= 4 is 11.4 Å². The summed E-state index contributed by atoms with van der Waals surface area (Å²) in [6, 6.07) is 5.39. The van der Waals surface area contributed by atoms with Gasteiger partial charge in [-0.2, -0.15) is 13.2 Å². The molecular weight excluding hydrogens is 315 g/mol. The molecule has 0 spiro atoms. The van der Waals surface area contributed by atoms with Crippen molar-refractivity contribution in [3.05, 3.63) is 41.0 Å². The molecule has 24 heavy (non-hydrogen) atoms. The molecule has 1 N–H and O–H groups in total. The number of ketones is 1. The number of fused-ring (bicyclic) bond motifs is 1. The lowest BCUT2D eigenvalue weighted by Gasteiger charge is -2.40. The maximum absolute atomic E-state index is 12.7. The molecule has 1 atom stereocenters. The molecule has 2 rings (SSSR count). The number of halogens is 3. The third kappa shape index (κ3) is 3.72. The van der Waals surface area contributed by atoms with E-state index in [1.807, 2.05) is 12.1 Å². The maximum atomic E-state index is 12.7. The van der Waals surface area contributed by atoms with E-state index in [9.17, 15) is 18.0 Å². The number of allylic oxidation sites excluding steroid dienone is 1. The molecule has 0 heterocycles. The van der Waals surface area contributed by atoms with Crippen molar-refractivity contribution in [1.82, 2.24) is 5.32 Å². The fourth-order valence-corrected chi connectivity index (χ4v) is 3.35. The van der Waals surface area contributed by atoms with E-state index in [2.05, 4.69) is 26.1 Å². The zero-order valence-corrected chi connectivity index (χ0v) is 14.8. The summed E-state index contributed by atoms with van der Waals surface area (Å²) in [7, 11) is 0. The largest absolute Gasteiger partial charge is 0.401 e. The standard InChI is InChI=1S/C19H24F3NO/c1-12(24)13-7-6-8-14-15(17(2,3)4)9-10-18(5,16(13)14)23-11-19(20,21)22/h6-9,23H,10-11H2,1-5H3. The summed E-state index contributed by atoms with van der Waals surface area (Å²) in [4.78, 5) is 12.1. The molecule has 1 unspecified atom stereocenters. The molecular formula is C19H24F3NO. The van der Waals surface area contributed by atoms with Gasteiger partial charge in [-0.15, -0.1) is 0 Å². The molecule has 0 radical (unpaired) electrons. The van der Waals surface area contributed by atoms with Crippen LogP contribution in [0.5, 0.6) is 0 Å². The van der Waals surface area contributed by atoms with E-state index >= 15 is 0 Å². The van der Waals surface area contributed by atoms with Gasteiger partial charge in [-0.05, 0) is 42.4 Å². The summed E-state index contributed by atoms with van der Waals surface area (Å²) >= 11 is 0. The fourth-order valence-electron chi connectivity index (χ4n) is 3.35. The van der Waals surface area contributed by atoms with Gasteiger partial charge >= 0.3 is 6.18 Å². The minimum atomic E-state index is -4.30. The van der Waals surface area contributed by atoms with Crippen LogP contribution in [0.1, 0.15) is 62.5 Å². The van der Waals surface area contributed by atoms with Crippen molar-refractivity contribution in [3.8, 4) is 0 Å². The maximum Gasteiger partial charge on any atom is 0.401 e. The number of hydrogen-bond acceptors (Lipinski definition) is 2. The molecule has 132 valence electrons. The first kappa shape index (κ1) is 18.7. The number of rotatable bonds is 3. The lowest BCUT2D eigenvalue weighted by molar-refractivity contribution is -0.128. The van der Waals surface area contributed by atoms with Gasteiger partial charge in [0.15, 0.2) is 5.78 Å². The Morgan fingerprint density at radius 2 is 1.88 bits per heavy atom. The van der Waals surface area contributed by atoms with Crippen molar-refractivity contribution < 1.29 is 18.0 Å². The molecule has 1 aromatic carbocycles. The van der Waals surface area contributed by atoms with Crippen LogP contribution in [0.25, 0.3) is 5.57 Å². The Morgan fingerprint density at radius 1 is 1.25 bits per heavy atom. The molecule has 0 saturated heterocycles. The number of nitrogens with one attached hydrogen (secondary N) is 1. The van der Waals surface area contributed by atoms with E-state index in [-0.39, 0.29) is 11.2 Å². The molecule has 0 amide bonds. The Bertz CT molecular complexity index is 683. The van der Waals surface area contributed by atoms with Crippen LogP contribution >= 0.6 is 0 Å². The first-order valence-corrected chi connectivity index (χ1v) is 8.02. The normalized spacial score (nSPS) is 21.2. The minimum absolute atomic E-state index is 0.137. The Morgan fingerprint density at radius 3 is 2.38 bits per heavy atom. The molecule has 0 saturated carbocycles. The van der Waals surface area contributed by atoms with Crippen LogP contribution in [0.3, 0.4) is 0 Å². The average Bonchev–Trinajstić information content (AvgIpc) is 2.43. The minimum Gasteiger partial charge on any atom is -0.299 e. The highest BCUT2D eigenvalue weighted by molar-refractivity contribution is 5.98. The van der Waals surface area contributed by atoms with Gasteiger partial charge in [0.1, 0.15) is 0 Å². The number of carbonyl (C=O) groups is 1. The molecule has 1 aliphatic rings. The topological polar surface area (TPSA) is 29.1 Å². The molecule has 2 nitrogen and oxygen atoms in total. The van der Waals surface area contributed by atoms with Gasteiger partial charge < -0.3 is 0 Å². The Balaban J connectivity index is 2.62. The van der Waals surface area contributed by atoms with Crippen molar-refractivity contribution in [2.24, 2.45) is 5.41 Å². The highest BCUT2D eigenvalue weighted by Crippen LogP contribution is 2.46. The Labute approximate surface area is 141 Å². The van der Waals surface area contributed by atoms with Gasteiger partial charge in [0.2, 0.25) is 0 Å². The smallest absolute Gasteiger partial charge is 0.299 e. The molecule has 0 fully saturated rings. The predicted octanol–water partition coefficient (Wildman–Crippen LogP) is 5.09. The van der Waals surface area contributed by atoms with E-state index in [1.54, 1.807) is 19.1 Å². The van der Waals surface area contributed by atoms with Gasteiger partial charge in [0.25, 0.3) is 0 Å². The summed E-state index contributed by atoms with van der Waals surface area (Å²) in [5, 5.41) is 2.64. The molecule has 1 aliphatic carbocycles. The van der Waals surface area contributed by atoms with Crippen LogP contribution in [-0.4, -0.2) is 18.5 Å². The summed E-state index contributed by atoms with van der Waals surface area (Å²) < 4.78 is 38.2. The van der Waals surface area contributed by atoms with Gasteiger partial charge in [-0.1, -0.05) is 45.0 Å². The molecule has 0 aliphatic heterocycles. The third-order valence-electron chi connectivity index (χ3n) is 4.49. The van der Waals surface area contributed by atoms with Gasteiger partial charge in [-0.25, -0.2) is 0 Å². The second-order valence-electron chi connectivity index (χ2n) is 7.66. The summed E-state index contributed by atoms with van der Waals surface area (Å²) in [6.07, 6.45) is -1.90. The monoisotopic (exact) mass is 339 g/mol. The quantitative estimate of drug-likeness (QED) is 0.777. The van der Waals surface area contributed by atoms with Crippen LogP contribution in [0.15, 0.2) is 24.3 Å². The lowest BCUT2D eigenvalue weighted by atomic mass is 9.69. The average molecular weight is 339 g/mol. The first-order chi connectivity index (χ1) is 10.9. The third-order valence-corrected chi connectivity index (χ3v) is 4.49. The molecule has 0 aromatic heterocycles. The predicted molar refractivity (Wildman–Crippen MR) is 89.9 cm³/mol. The number of benzene rings is 1. The first-order valence-electron chi connectivity index (χ1n) is 8.02. The summed E-state index contributed by atoms with van der Waals surface area (Å²) in [5.41, 5.74) is 2.00. The van der Waals surface area contributed by atoms with Crippen molar-refractivity contribution in [2.45, 2.75) is 52.8 Å². The second kappa shape index (κ2) is 6.03. The Hall–Kier alpha value is -1.62. The van der Waals surface area contributed by atoms with Crippen molar-refractivity contribution in [3.63, 3.8) is 0 Å². The number of hydrogen-bond donors (Lipinski definition) is 1. The molecule has 0 bridgehead atoms. The highest BCUT2D eigenvalue weighted by atomic mass is 19.4. The van der Waals surface area contributed by atoms with Crippen molar-refractivity contribution in [2.75, 3.05) is 6.54 Å². The SMILES string of the molecule is CC(=O)c1cccc2c1C(C)(NCC(F)(F)F)CC=C2C(C)(C)C. The van der Waals surface area contributed by atoms with Crippen molar-refractivity contribution in [1.29, 1.82) is 0 Å². The Kier molecular flexibility index (Phi) is 4.70. The second-order valence-corrected chi connectivity index (χ2v) is 7.66. The lowest BCUT2D eigenvalue weighted by Crippen LogP contribution is -2.47. The van der Waals surface area contributed by atoms with Crippen LogP contribution in [0.2, 0.25) is 0 Å². The van der Waals surface area contributed by atoms with Crippen LogP contribution < -0.4 is 5.32 Å². The van der Waals surface area contributed by atoms with E-state index in [1.165, 1.54) is 6.92 Å². The number of alkyl halides is 3. The van der Waals surface area contributed by atoms with E-state index < -0.39 is 18.3 Å². The summed E-state index contributed by atoms with van der Waals surface area (Å²) in [5.74, 6) is -0.137. The zero-order chi connectivity index (χ0) is 18.3. The van der Waals surface area contributed by atoms with Crippen LogP contribution in [0.4, 0.5) is 13.2 Å². The van der Waals surface area contributed by atoms with Crippen LogP contribution in [0, 0.1) is 5.41 Å². The van der Waals surface area contributed by atoms with E-state index in [0.29, 0.717) is 17.5 Å². The van der Waals surface area contributed by atoms with Gasteiger partial charge in [-0.3, -0.25) is 10.1 Å². The van der Waals surface area contributed by atoms with E-state index in [4.69, 9.17) is 0 Å². The summed E-state index contributed by atoms with van der Waals surface area (Å²) in [6.45, 7) is 8.29.